The number of hydrogen-bond acceptors (Lipinski definition) is 6. The molecule has 3 rings (SSSR count). The van der Waals surface area contributed by atoms with E-state index in [4.69, 9.17) is 9.15 Å². The van der Waals surface area contributed by atoms with E-state index in [9.17, 15) is 8.42 Å². The van der Waals surface area contributed by atoms with Crippen LogP contribution < -0.4 is 4.74 Å². The third-order valence-electron chi connectivity index (χ3n) is 3.14. The van der Waals surface area contributed by atoms with Crippen molar-refractivity contribution in [3.05, 3.63) is 36.0 Å². The summed E-state index contributed by atoms with van der Waals surface area (Å²) in [6, 6.07) is 6.23. The summed E-state index contributed by atoms with van der Waals surface area (Å²) in [4.78, 5) is 0.212. The van der Waals surface area contributed by atoms with Gasteiger partial charge in [0, 0.05) is 5.92 Å². The van der Waals surface area contributed by atoms with Gasteiger partial charge in [0.2, 0.25) is 11.8 Å². The molecule has 0 spiro atoms. The van der Waals surface area contributed by atoms with Crippen molar-refractivity contribution in [3.63, 3.8) is 0 Å². The molecular weight excluding hydrogens is 280 g/mol. The van der Waals surface area contributed by atoms with Crippen molar-refractivity contribution in [3.8, 4) is 5.75 Å². The van der Waals surface area contributed by atoms with Crippen LogP contribution in [0.15, 0.2) is 33.6 Å². The Balaban J connectivity index is 1.79. The second kappa shape index (κ2) is 4.90. The summed E-state index contributed by atoms with van der Waals surface area (Å²) < 4.78 is 34.8. The van der Waals surface area contributed by atoms with Gasteiger partial charge in [-0.1, -0.05) is 0 Å². The highest BCUT2D eigenvalue weighted by Gasteiger charge is 2.30. The third-order valence-corrected chi connectivity index (χ3v) is 4.76. The lowest BCUT2D eigenvalue weighted by molar-refractivity contribution is 0.414. The molecule has 2 aromatic rings. The molecule has 20 heavy (non-hydrogen) atoms. The van der Waals surface area contributed by atoms with Crippen LogP contribution in [0.2, 0.25) is 0 Å². The molecule has 0 bridgehead atoms. The van der Waals surface area contributed by atoms with E-state index in [1.165, 1.54) is 19.2 Å². The third kappa shape index (κ3) is 2.67. The highest BCUT2D eigenvalue weighted by atomic mass is 32.2. The first-order valence-electron chi connectivity index (χ1n) is 6.27. The molecule has 1 aromatic heterocycles. The molecule has 0 radical (unpaired) electrons. The average molecular weight is 294 g/mol. The number of sulfone groups is 1. The summed E-state index contributed by atoms with van der Waals surface area (Å²) in [5.74, 6) is 1.34. The summed E-state index contributed by atoms with van der Waals surface area (Å²) in [6.45, 7) is 0. The maximum Gasteiger partial charge on any atom is 0.231 e. The number of benzene rings is 1. The topological polar surface area (TPSA) is 82.3 Å². The van der Waals surface area contributed by atoms with Crippen molar-refractivity contribution in [2.24, 2.45) is 0 Å². The highest BCUT2D eigenvalue weighted by Crippen LogP contribution is 2.39. The van der Waals surface area contributed by atoms with E-state index in [0.29, 0.717) is 17.6 Å². The summed E-state index contributed by atoms with van der Waals surface area (Å²) in [5, 5.41) is 7.68. The smallest absolute Gasteiger partial charge is 0.231 e. The van der Waals surface area contributed by atoms with Crippen LogP contribution in [-0.2, 0) is 15.6 Å². The van der Waals surface area contributed by atoms with E-state index in [0.717, 1.165) is 12.8 Å². The van der Waals surface area contributed by atoms with Gasteiger partial charge in [0.25, 0.3) is 0 Å². The minimum Gasteiger partial charge on any atom is -0.497 e. The number of rotatable bonds is 5. The van der Waals surface area contributed by atoms with Crippen LogP contribution in [0.25, 0.3) is 0 Å². The summed E-state index contributed by atoms with van der Waals surface area (Å²) >= 11 is 0. The lowest BCUT2D eigenvalue weighted by atomic mass is 10.3. The Bertz CT molecular complexity index is 702. The zero-order valence-corrected chi connectivity index (χ0v) is 11.8. The van der Waals surface area contributed by atoms with Crippen LogP contribution in [0.5, 0.6) is 5.75 Å². The largest absolute Gasteiger partial charge is 0.497 e. The number of methoxy groups -OCH3 is 1. The van der Waals surface area contributed by atoms with Crippen molar-refractivity contribution in [2.75, 3.05) is 7.11 Å². The van der Waals surface area contributed by atoms with Crippen LogP contribution >= 0.6 is 0 Å². The van der Waals surface area contributed by atoms with Crippen molar-refractivity contribution in [2.45, 2.75) is 29.4 Å². The zero-order chi connectivity index (χ0) is 14.2. The predicted molar refractivity (Wildman–Crippen MR) is 70.2 cm³/mol. The van der Waals surface area contributed by atoms with Gasteiger partial charge in [-0.2, -0.15) is 0 Å². The quantitative estimate of drug-likeness (QED) is 0.838. The van der Waals surface area contributed by atoms with Crippen LogP contribution in [0.3, 0.4) is 0 Å². The predicted octanol–water partition coefficient (Wildman–Crippen LogP) is 1.93. The van der Waals surface area contributed by atoms with E-state index < -0.39 is 9.84 Å². The Labute approximate surface area is 116 Å². The molecule has 0 atom stereocenters. The Morgan fingerprint density at radius 2 is 1.95 bits per heavy atom. The molecule has 0 N–H and O–H groups in total. The molecule has 1 aromatic carbocycles. The van der Waals surface area contributed by atoms with E-state index in [1.807, 2.05) is 0 Å². The molecule has 0 saturated heterocycles. The molecule has 1 heterocycles. The van der Waals surface area contributed by atoms with Gasteiger partial charge in [0.1, 0.15) is 11.5 Å². The van der Waals surface area contributed by atoms with Crippen LogP contribution in [0.4, 0.5) is 0 Å². The highest BCUT2D eigenvalue weighted by molar-refractivity contribution is 7.90. The van der Waals surface area contributed by atoms with Gasteiger partial charge in [-0.15, -0.1) is 10.2 Å². The normalized spacial score (nSPS) is 15.2. The molecule has 1 fully saturated rings. The van der Waals surface area contributed by atoms with Crippen molar-refractivity contribution >= 4 is 9.84 Å². The van der Waals surface area contributed by atoms with E-state index in [2.05, 4.69) is 10.2 Å². The Morgan fingerprint density at radius 1 is 1.25 bits per heavy atom. The van der Waals surface area contributed by atoms with Crippen LogP contribution in [-0.4, -0.2) is 25.7 Å². The Morgan fingerprint density at radius 3 is 2.55 bits per heavy atom. The summed E-state index contributed by atoms with van der Waals surface area (Å²) in [5.41, 5.74) is 0. The standard InChI is InChI=1S/C13H14N2O4S/c1-18-10-4-6-11(7-5-10)20(16,17)8-12-14-15-13(19-12)9-2-3-9/h4-7,9H,2-3,8H2,1H3. The lowest BCUT2D eigenvalue weighted by Gasteiger charge is -2.03. The maximum absolute atomic E-state index is 12.2. The summed E-state index contributed by atoms with van der Waals surface area (Å²) in [7, 11) is -1.95. The van der Waals surface area contributed by atoms with Crippen LogP contribution in [0, 0.1) is 0 Å². The number of ether oxygens (including phenoxy) is 1. The van der Waals surface area contributed by atoms with Crippen molar-refractivity contribution < 1.29 is 17.6 Å². The Kier molecular flexibility index (Phi) is 3.21. The summed E-state index contributed by atoms with van der Waals surface area (Å²) in [6.07, 6.45) is 2.07. The van der Waals surface area contributed by atoms with Crippen molar-refractivity contribution in [1.29, 1.82) is 0 Å². The first-order chi connectivity index (χ1) is 9.58. The molecule has 6 nitrogen and oxygen atoms in total. The number of hydrogen-bond donors (Lipinski definition) is 0. The SMILES string of the molecule is COc1ccc(S(=O)(=O)Cc2nnc(C3CC3)o2)cc1. The zero-order valence-electron chi connectivity index (χ0n) is 10.9. The van der Waals surface area contributed by atoms with E-state index in [1.54, 1.807) is 12.1 Å². The molecular formula is C13H14N2O4S. The van der Waals surface area contributed by atoms with Gasteiger partial charge < -0.3 is 9.15 Å². The molecule has 1 aliphatic carbocycles. The molecule has 0 amide bonds. The molecule has 106 valence electrons. The van der Waals surface area contributed by atoms with Gasteiger partial charge in [0.15, 0.2) is 9.84 Å². The fourth-order valence-electron chi connectivity index (χ4n) is 1.85. The molecule has 0 unspecified atom stereocenters. The number of aromatic nitrogens is 2. The van der Waals surface area contributed by atoms with Gasteiger partial charge in [0.05, 0.1) is 12.0 Å². The fourth-order valence-corrected chi connectivity index (χ4v) is 3.01. The second-order valence-electron chi connectivity index (χ2n) is 4.74. The molecule has 7 heteroatoms. The van der Waals surface area contributed by atoms with Gasteiger partial charge in [-0.3, -0.25) is 0 Å². The first-order valence-corrected chi connectivity index (χ1v) is 7.93. The van der Waals surface area contributed by atoms with Gasteiger partial charge in [-0.05, 0) is 37.1 Å². The average Bonchev–Trinajstić information content (AvgIpc) is 3.20. The van der Waals surface area contributed by atoms with E-state index >= 15 is 0 Å². The van der Waals surface area contributed by atoms with Crippen LogP contribution in [0.1, 0.15) is 30.5 Å². The Hall–Kier alpha value is -1.89. The fraction of sp³-hybridized carbons (Fsp3) is 0.385. The second-order valence-corrected chi connectivity index (χ2v) is 6.73. The maximum atomic E-state index is 12.2. The van der Waals surface area contributed by atoms with E-state index in [-0.39, 0.29) is 16.5 Å². The first kappa shape index (κ1) is 13.1. The van der Waals surface area contributed by atoms with Crippen molar-refractivity contribution in [1.82, 2.24) is 10.2 Å². The monoisotopic (exact) mass is 294 g/mol. The minimum absolute atomic E-state index is 0.141. The molecule has 1 saturated carbocycles. The number of nitrogens with zero attached hydrogens (tertiary/aromatic N) is 2. The van der Waals surface area contributed by atoms with Gasteiger partial charge in [-0.25, -0.2) is 8.42 Å². The van der Waals surface area contributed by atoms with Gasteiger partial charge >= 0.3 is 0 Å². The lowest BCUT2D eigenvalue weighted by Crippen LogP contribution is -2.05. The molecule has 1 aliphatic rings. The molecule has 0 aliphatic heterocycles. The minimum atomic E-state index is -3.48.